The number of fused-ring (bicyclic) bond motifs is 1. The van der Waals surface area contributed by atoms with E-state index >= 15 is 0 Å². The number of H-pyrrole nitrogens is 1. The minimum atomic E-state index is -0.696. The first-order valence-electron chi connectivity index (χ1n) is 9.78. The smallest absolute Gasteiger partial charge is 0.267 e. The SMILES string of the molecule is Cc1cc(=O)c(OCC(=O)N2CCN(C(=O)[C@@H]3COc4ccccc4O3)CC2)c[nH]1. The number of rotatable bonds is 4. The molecule has 2 aliphatic heterocycles. The molecule has 3 heterocycles. The summed E-state index contributed by atoms with van der Waals surface area (Å²) in [5.41, 5.74) is 0.445. The molecule has 1 saturated heterocycles. The molecule has 0 saturated carbocycles. The number of aryl methyl sites for hydroxylation is 1. The third kappa shape index (κ3) is 4.24. The van der Waals surface area contributed by atoms with Crippen molar-refractivity contribution in [2.24, 2.45) is 0 Å². The predicted molar refractivity (Wildman–Crippen MR) is 107 cm³/mol. The van der Waals surface area contributed by atoms with Gasteiger partial charge < -0.3 is 29.0 Å². The maximum atomic E-state index is 12.8. The lowest BCUT2D eigenvalue weighted by Gasteiger charge is -2.37. The van der Waals surface area contributed by atoms with E-state index in [0.29, 0.717) is 37.7 Å². The zero-order chi connectivity index (χ0) is 21.1. The van der Waals surface area contributed by atoms with Gasteiger partial charge in [0.15, 0.2) is 23.9 Å². The number of hydrogen-bond acceptors (Lipinski definition) is 6. The van der Waals surface area contributed by atoms with E-state index < -0.39 is 6.10 Å². The van der Waals surface area contributed by atoms with E-state index in [4.69, 9.17) is 14.2 Å². The van der Waals surface area contributed by atoms with Crippen LogP contribution in [0.1, 0.15) is 5.69 Å². The van der Waals surface area contributed by atoms with Gasteiger partial charge in [-0.15, -0.1) is 0 Å². The highest BCUT2D eigenvalue weighted by Crippen LogP contribution is 2.31. The van der Waals surface area contributed by atoms with E-state index in [-0.39, 0.29) is 36.2 Å². The number of amides is 2. The number of nitrogens with one attached hydrogen (secondary N) is 1. The van der Waals surface area contributed by atoms with Crippen LogP contribution in [0.2, 0.25) is 0 Å². The zero-order valence-corrected chi connectivity index (χ0v) is 16.6. The number of aromatic nitrogens is 1. The second-order valence-corrected chi connectivity index (χ2v) is 7.20. The van der Waals surface area contributed by atoms with Crippen LogP contribution in [-0.4, -0.2) is 72.1 Å². The number of piperazine rings is 1. The highest BCUT2D eigenvalue weighted by molar-refractivity contribution is 5.83. The normalized spacial score (nSPS) is 18.1. The number of carbonyl (C=O) groups excluding carboxylic acids is 2. The first-order valence-corrected chi connectivity index (χ1v) is 9.78. The molecule has 158 valence electrons. The Morgan fingerprint density at radius 1 is 1.13 bits per heavy atom. The summed E-state index contributed by atoms with van der Waals surface area (Å²) in [6, 6.07) is 8.66. The lowest BCUT2D eigenvalue weighted by atomic mass is 10.2. The Labute approximate surface area is 173 Å². The van der Waals surface area contributed by atoms with Crippen LogP contribution < -0.4 is 19.6 Å². The number of para-hydroxylation sites is 2. The summed E-state index contributed by atoms with van der Waals surface area (Å²) >= 11 is 0. The van der Waals surface area contributed by atoms with Crippen LogP contribution in [0.5, 0.6) is 17.2 Å². The van der Waals surface area contributed by atoms with Gasteiger partial charge in [-0.05, 0) is 19.1 Å². The Morgan fingerprint density at radius 3 is 2.57 bits per heavy atom. The quantitative estimate of drug-likeness (QED) is 0.787. The molecule has 0 aliphatic carbocycles. The number of aromatic amines is 1. The first kappa shape index (κ1) is 19.8. The van der Waals surface area contributed by atoms with Crippen LogP contribution >= 0.6 is 0 Å². The summed E-state index contributed by atoms with van der Waals surface area (Å²) in [6.45, 7) is 3.28. The zero-order valence-electron chi connectivity index (χ0n) is 16.6. The standard InChI is InChI=1S/C21H23N3O6/c1-14-10-15(25)18(11-22-14)29-13-20(26)23-6-8-24(9-7-23)21(27)19-12-28-16-4-2-3-5-17(16)30-19/h2-5,10-11,19H,6-9,12-13H2,1H3,(H,22,25)/t19-/m0/s1. The van der Waals surface area contributed by atoms with Gasteiger partial charge in [-0.3, -0.25) is 14.4 Å². The Kier molecular flexibility index (Phi) is 5.60. The molecule has 2 aromatic rings. The van der Waals surface area contributed by atoms with Crippen molar-refractivity contribution in [1.29, 1.82) is 0 Å². The highest BCUT2D eigenvalue weighted by Gasteiger charge is 2.33. The van der Waals surface area contributed by atoms with Crippen LogP contribution in [0, 0.1) is 6.92 Å². The Morgan fingerprint density at radius 2 is 1.83 bits per heavy atom. The molecule has 9 nitrogen and oxygen atoms in total. The maximum absolute atomic E-state index is 12.8. The molecule has 1 fully saturated rings. The monoisotopic (exact) mass is 413 g/mol. The number of carbonyl (C=O) groups is 2. The van der Waals surface area contributed by atoms with Crippen molar-refractivity contribution in [2.45, 2.75) is 13.0 Å². The van der Waals surface area contributed by atoms with Crippen LogP contribution in [0.4, 0.5) is 0 Å². The first-order chi connectivity index (χ1) is 14.5. The van der Waals surface area contributed by atoms with Gasteiger partial charge in [0, 0.05) is 44.1 Å². The fourth-order valence-corrected chi connectivity index (χ4v) is 3.42. The van der Waals surface area contributed by atoms with Crippen LogP contribution in [0.3, 0.4) is 0 Å². The minimum Gasteiger partial charge on any atom is -0.485 e. The van der Waals surface area contributed by atoms with E-state index in [1.165, 1.54) is 12.3 Å². The number of pyridine rings is 1. The molecule has 0 spiro atoms. The molecular formula is C21H23N3O6. The number of hydrogen-bond donors (Lipinski definition) is 1. The predicted octanol–water partition coefficient (Wildman–Crippen LogP) is 0.573. The van der Waals surface area contributed by atoms with E-state index in [2.05, 4.69) is 4.98 Å². The van der Waals surface area contributed by atoms with Gasteiger partial charge in [0.2, 0.25) is 11.5 Å². The summed E-state index contributed by atoms with van der Waals surface area (Å²) in [5, 5.41) is 0. The molecule has 1 N–H and O–H groups in total. The molecule has 9 heteroatoms. The molecule has 0 bridgehead atoms. The average Bonchev–Trinajstić information content (AvgIpc) is 2.77. The van der Waals surface area contributed by atoms with E-state index in [1.807, 2.05) is 12.1 Å². The summed E-state index contributed by atoms with van der Waals surface area (Å²) in [7, 11) is 0. The van der Waals surface area contributed by atoms with Crippen molar-refractivity contribution in [3.05, 3.63) is 52.4 Å². The van der Waals surface area contributed by atoms with Gasteiger partial charge in [0.25, 0.3) is 11.8 Å². The Hall–Kier alpha value is -3.49. The van der Waals surface area contributed by atoms with Crippen LogP contribution in [0.15, 0.2) is 41.3 Å². The van der Waals surface area contributed by atoms with Crippen molar-refractivity contribution < 1.29 is 23.8 Å². The van der Waals surface area contributed by atoms with E-state index in [9.17, 15) is 14.4 Å². The van der Waals surface area contributed by atoms with Crippen LogP contribution in [0.25, 0.3) is 0 Å². The van der Waals surface area contributed by atoms with Crippen molar-refractivity contribution in [2.75, 3.05) is 39.4 Å². The summed E-state index contributed by atoms with van der Waals surface area (Å²) in [6.07, 6.45) is 0.755. The third-order valence-corrected chi connectivity index (χ3v) is 5.10. The number of ether oxygens (including phenoxy) is 3. The molecule has 2 amide bonds. The minimum absolute atomic E-state index is 0.109. The van der Waals surface area contributed by atoms with E-state index in [1.54, 1.807) is 28.9 Å². The van der Waals surface area contributed by atoms with Gasteiger partial charge in [0.1, 0.15) is 6.61 Å². The summed E-state index contributed by atoms with van der Waals surface area (Å²) < 4.78 is 16.8. The second kappa shape index (κ2) is 8.48. The number of benzene rings is 1. The molecule has 1 aromatic carbocycles. The molecule has 30 heavy (non-hydrogen) atoms. The molecule has 1 atom stereocenters. The summed E-state index contributed by atoms with van der Waals surface area (Å²) in [5.74, 6) is 0.910. The molecule has 0 radical (unpaired) electrons. The lowest BCUT2D eigenvalue weighted by Crippen LogP contribution is -2.55. The van der Waals surface area contributed by atoms with Gasteiger partial charge in [-0.1, -0.05) is 12.1 Å². The molecular weight excluding hydrogens is 390 g/mol. The fraction of sp³-hybridized carbons (Fsp3) is 0.381. The largest absolute Gasteiger partial charge is 0.485 e. The lowest BCUT2D eigenvalue weighted by molar-refractivity contribution is -0.146. The van der Waals surface area contributed by atoms with Crippen molar-refractivity contribution in [3.63, 3.8) is 0 Å². The molecule has 0 unspecified atom stereocenters. The second-order valence-electron chi connectivity index (χ2n) is 7.20. The van der Waals surface area contributed by atoms with E-state index in [0.717, 1.165) is 5.69 Å². The molecule has 1 aromatic heterocycles. The van der Waals surface area contributed by atoms with Gasteiger partial charge in [-0.25, -0.2) is 0 Å². The van der Waals surface area contributed by atoms with Gasteiger partial charge in [-0.2, -0.15) is 0 Å². The van der Waals surface area contributed by atoms with Crippen molar-refractivity contribution in [3.8, 4) is 17.2 Å². The molecule has 2 aliphatic rings. The van der Waals surface area contributed by atoms with Gasteiger partial charge >= 0.3 is 0 Å². The average molecular weight is 413 g/mol. The Bertz CT molecular complexity index is 996. The van der Waals surface area contributed by atoms with Crippen LogP contribution in [-0.2, 0) is 9.59 Å². The summed E-state index contributed by atoms with van der Waals surface area (Å²) in [4.78, 5) is 43.2. The maximum Gasteiger partial charge on any atom is 0.267 e. The fourth-order valence-electron chi connectivity index (χ4n) is 3.42. The Balaban J connectivity index is 1.27. The van der Waals surface area contributed by atoms with Gasteiger partial charge in [0.05, 0.1) is 0 Å². The third-order valence-electron chi connectivity index (χ3n) is 5.10. The number of nitrogens with zero attached hydrogens (tertiary/aromatic N) is 2. The van der Waals surface area contributed by atoms with Crippen molar-refractivity contribution in [1.82, 2.24) is 14.8 Å². The topological polar surface area (TPSA) is 101 Å². The molecule has 4 rings (SSSR count). The highest BCUT2D eigenvalue weighted by atomic mass is 16.6. The van der Waals surface area contributed by atoms with Crippen molar-refractivity contribution >= 4 is 11.8 Å².